The largest absolute Gasteiger partial charge is 0.481 e. The molecule has 0 aliphatic rings. The highest BCUT2D eigenvalue weighted by atomic mass is 32.2. The summed E-state index contributed by atoms with van der Waals surface area (Å²) in [6.07, 6.45) is 0.407. The maximum atomic E-state index is 11.8. The molecular weight excluding hydrogens is 412 g/mol. The van der Waals surface area contributed by atoms with Crippen LogP contribution in [0, 0.1) is 11.8 Å². The second-order valence-electron chi connectivity index (χ2n) is 6.43. The Hall–Kier alpha value is -1.83. The monoisotopic (exact) mass is 434 g/mol. The number of carbonyl (C=O) groups is 2. The predicted molar refractivity (Wildman–Crippen MR) is 119 cm³/mol. The van der Waals surface area contributed by atoms with Crippen LogP contribution in [-0.2, 0) is 9.59 Å². The molecule has 2 aromatic carbocycles. The molecule has 0 saturated carbocycles. The van der Waals surface area contributed by atoms with Crippen molar-refractivity contribution in [3.8, 4) is 0 Å². The van der Waals surface area contributed by atoms with E-state index in [9.17, 15) is 14.7 Å². The van der Waals surface area contributed by atoms with Gasteiger partial charge >= 0.3 is 11.9 Å². The van der Waals surface area contributed by atoms with E-state index in [1.54, 1.807) is 6.92 Å². The highest BCUT2D eigenvalue weighted by Crippen LogP contribution is 2.41. The molecule has 3 atom stereocenters. The fourth-order valence-electron chi connectivity index (χ4n) is 2.73. The molecule has 0 radical (unpaired) electrons. The zero-order valence-electron chi connectivity index (χ0n) is 15.4. The Balaban J connectivity index is 2.15. The molecule has 0 heterocycles. The Morgan fingerprint density at radius 3 is 2.04 bits per heavy atom. The van der Waals surface area contributed by atoms with Gasteiger partial charge in [-0.3, -0.25) is 9.59 Å². The summed E-state index contributed by atoms with van der Waals surface area (Å²) < 4.78 is 0.704. The van der Waals surface area contributed by atoms with Crippen LogP contribution in [0.15, 0.2) is 65.6 Å². The molecule has 2 rings (SSSR count). The number of carboxylic acids is 2. The van der Waals surface area contributed by atoms with Crippen LogP contribution in [0.4, 0.5) is 0 Å². The van der Waals surface area contributed by atoms with Crippen molar-refractivity contribution in [3.63, 3.8) is 0 Å². The summed E-state index contributed by atoms with van der Waals surface area (Å²) in [5, 5.41) is 18.6. The van der Waals surface area contributed by atoms with Crippen molar-refractivity contribution in [3.05, 3.63) is 66.2 Å². The number of hydrogen-bond acceptors (Lipinski definition) is 5. The average Bonchev–Trinajstić information content (AvgIpc) is 2.67. The van der Waals surface area contributed by atoms with Gasteiger partial charge in [0.25, 0.3) is 0 Å². The van der Waals surface area contributed by atoms with Crippen molar-refractivity contribution < 1.29 is 19.8 Å². The number of thioether (sulfide) groups is 2. The SMILES string of the molecule is CC(CC(CC(SC(=S)Sc1ccccc1)c1ccccc1)C(=O)O)C(=O)O. The lowest BCUT2D eigenvalue weighted by Gasteiger charge is -2.22. The van der Waals surface area contributed by atoms with Crippen LogP contribution in [0.25, 0.3) is 0 Å². The van der Waals surface area contributed by atoms with Gasteiger partial charge in [-0.05, 0) is 30.5 Å². The Labute approximate surface area is 178 Å². The van der Waals surface area contributed by atoms with Crippen molar-refractivity contribution in [2.75, 3.05) is 0 Å². The lowest BCUT2D eigenvalue weighted by atomic mass is 9.90. The molecule has 0 amide bonds. The zero-order valence-corrected chi connectivity index (χ0v) is 17.8. The van der Waals surface area contributed by atoms with Gasteiger partial charge in [0.1, 0.15) is 3.53 Å². The Kier molecular flexibility index (Phi) is 9.02. The highest BCUT2D eigenvalue weighted by molar-refractivity contribution is 8.47. The molecule has 2 aromatic rings. The van der Waals surface area contributed by atoms with E-state index in [1.807, 2.05) is 60.7 Å². The van der Waals surface area contributed by atoms with Gasteiger partial charge in [-0.2, -0.15) is 0 Å². The van der Waals surface area contributed by atoms with E-state index >= 15 is 0 Å². The van der Waals surface area contributed by atoms with Gasteiger partial charge < -0.3 is 10.2 Å². The first-order valence-corrected chi connectivity index (χ1v) is 10.9. The molecule has 0 bridgehead atoms. The Bertz CT molecular complexity index is 796. The molecular formula is C21H22O4S3. The van der Waals surface area contributed by atoms with Crippen molar-refractivity contribution in [1.82, 2.24) is 0 Å². The number of rotatable bonds is 9. The van der Waals surface area contributed by atoms with Crippen LogP contribution in [0.2, 0.25) is 0 Å². The first-order valence-electron chi connectivity index (χ1n) is 8.81. The minimum absolute atomic E-state index is 0.0904. The molecule has 0 spiro atoms. The lowest BCUT2D eigenvalue weighted by Crippen LogP contribution is -2.22. The summed E-state index contributed by atoms with van der Waals surface area (Å²) in [7, 11) is 0. The van der Waals surface area contributed by atoms with Gasteiger partial charge in [-0.15, -0.1) is 0 Å². The molecule has 4 nitrogen and oxygen atoms in total. The van der Waals surface area contributed by atoms with E-state index in [2.05, 4.69) is 0 Å². The minimum atomic E-state index is -0.981. The van der Waals surface area contributed by atoms with Crippen LogP contribution in [0.1, 0.15) is 30.6 Å². The second-order valence-corrected chi connectivity index (χ2v) is 9.91. The van der Waals surface area contributed by atoms with Gasteiger partial charge in [-0.1, -0.05) is 91.2 Å². The van der Waals surface area contributed by atoms with E-state index in [1.165, 1.54) is 23.5 Å². The van der Waals surface area contributed by atoms with Gasteiger partial charge in [0.05, 0.1) is 11.8 Å². The number of carboxylic acid groups (broad SMARTS) is 2. The van der Waals surface area contributed by atoms with Crippen LogP contribution in [-0.4, -0.2) is 25.7 Å². The number of aliphatic carboxylic acids is 2. The van der Waals surface area contributed by atoms with Gasteiger partial charge in [0.15, 0.2) is 0 Å². The third-order valence-electron chi connectivity index (χ3n) is 4.26. The van der Waals surface area contributed by atoms with Crippen molar-refractivity contribution in [2.45, 2.75) is 29.9 Å². The second kappa shape index (κ2) is 11.2. The molecule has 0 aliphatic carbocycles. The molecule has 0 fully saturated rings. The quantitative estimate of drug-likeness (QED) is 0.385. The van der Waals surface area contributed by atoms with Crippen molar-refractivity contribution in [1.29, 1.82) is 0 Å². The average molecular weight is 435 g/mol. The molecule has 3 unspecified atom stereocenters. The third-order valence-corrected chi connectivity index (χ3v) is 6.96. The molecule has 0 aromatic heterocycles. The third kappa shape index (κ3) is 7.30. The van der Waals surface area contributed by atoms with Crippen LogP contribution in [0.5, 0.6) is 0 Å². The standard InChI is InChI=1S/C21H22O4S3/c1-14(19(22)23)12-16(20(24)25)13-18(15-8-4-2-5-9-15)28-21(26)27-17-10-6-3-7-11-17/h2-11,14,16,18H,12-13H2,1H3,(H,22,23)(H,24,25). The number of thiocarbonyl (C=S) groups is 1. The maximum absolute atomic E-state index is 11.8. The topological polar surface area (TPSA) is 74.6 Å². The van der Waals surface area contributed by atoms with E-state index in [0.717, 1.165) is 10.5 Å². The summed E-state index contributed by atoms with van der Waals surface area (Å²) >= 11 is 8.48. The van der Waals surface area contributed by atoms with Crippen LogP contribution < -0.4 is 0 Å². The molecule has 7 heteroatoms. The fraction of sp³-hybridized carbons (Fsp3) is 0.286. The summed E-state index contributed by atoms with van der Waals surface area (Å²) in [4.78, 5) is 24.0. The van der Waals surface area contributed by atoms with Crippen LogP contribution >= 0.6 is 35.7 Å². The molecule has 2 N–H and O–H groups in total. The fourth-order valence-corrected chi connectivity index (χ4v) is 5.54. The van der Waals surface area contributed by atoms with Gasteiger partial charge in [0.2, 0.25) is 0 Å². The van der Waals surface area contributed by atoms with Gasteiger partial charge in [-0.25, -0.2) is 0 Å². The molecule has 148 valence electrons. The lowest BCUT2D eigenvalue weighted by molar-refractivity contribution is -0.145. The Morgan fingerprint density at radius 1 is 0.929 bits per heavy atom. The number of hydrogen-bond donors (Lipinski definition) is 2. The number of benzene rings is 2. The van der Waals surface area contributed by atoms with E-state index in [0.29, 0.717) is 9.95 Å². The first kappa shape index (κ1) is 22.5. The van der Waals surface area contributed by atoms with E-state index < -0.39 is 23.8 Å². The predicted octanol–water partition coefficient (Wildman–Crippen LogP) is 5.74. The first-order chi connectivity index (χ1) is 13.4. The zero-order chi connectivity index (χ0) is 20.5. The smallest absolute Gasteiger partial charge is 0.306 e. The molecule has 28 heavy (non-hydrogen) atoms. The van der Waals surface area contributed by atoms with Crippen LogP contribution in [0.3, 0.4) is 0 Å². The minimum Gasteiger partial charge on any atom is -0.481 e. The van der Waals surface area contributed by atoms with Crippen molar-refractivity contribution >= 4 is 51.2 Å². The van der Waals surface area contributed by atoms with E-state index in [4.69, 9.17) is 17.3 Å². The molecule has 0 aliphatic heterocycles. The van der Waals surface area contributed by atoms with Gasteiger partial charge in [0, 0.05) is 10.1 Å². The highest BCUT2D eigenvalue weighted by Gasteiger charge is 2.28. The molecule has 0 saturated heterocycles. The van der Waals surface area contributed by atoms with Crippen molar-refractivity contribution in [2.24, 2.45) is 11.8 Å². The maximum Gasteiger partial charge on any atom is 0.306 e. The summed E-state index contributed by atoms with van der Waals surface area (Å²) in [6, 6.07) is 19.4. The summed E-state index contributed by atoms with van der Waals surface area (Å²) in [5.74, 6) is -3.43. The normalized spacial score (nSPS) is 14.0. The summed E-state index contributed by atoms with van der Waals surface area (Å²) in [5.41, 5.74) is 0.984. The summed E-state index contributed by atoms with van der Waals surface area (Å²) in [6.45, 7) is 1.54. The Morgan fingerprint density at radius 2 is 1.50 bits per heavy atom. The van der Waals surface area contributed by atoms with E-state index in [-0.39, 0.29) is 11.7 Å².